The van der Waals surface area contributed by atoms with Gasteiger partial charge in [-0.2, -0.15) is 0 Å². The summed E-state index contributed by atoms with van der Waals surface area (Å²) in [5, 5.41) is 0. The summed E-state index contributed by atoms with van der Waals surface area (Å²) in [5.74, 6) is 0. The standard InChI is InChI=1S/C11H18N2S/c1-11(2,12)9-5-7-10(8-6-9)14-13(3)4/h5-8H,12H2,1-4H3. The second-order valence-corrected chi connectivity index (χ2v) is 5.53. The van der Waals surface area contributed by atoms with Gasteiger partial charge in [-0.1, -0.05) is 12.1 Å². The molecule has 0 radical (unpaired) electrons. The molecule has 0 unspecified atom stereocenters. The molecule has 0 aromatic heterocycles. The van der Waals surface area contributed by atoms with Crippen LogP contribution >= 0.6 is 11.9 Å². The highest BCUT2D eigenvalue weighted by Gasteiger charge is 2.13. The number of benzene rings is 1. The van der Waals surface area contributed by atoms with E-state index in [1.165, 1.54) is 10.5 Å². The summed E-state index contributed by atoms with van der Waals surface area (Å²) in [5.41, 5.74) is 6.91. The summed E-state index contributed by atoms with van der Waals surface area (Å²) in [6, 6.07) is 8.39. The maximum atomic E-state index is 5.99. The van der Waals surface area contributed by atoms with Crippen molar-refractivity contribution in [1.82, 2.24) is 4.31 Å². The first-order valence-electron chi connectivity index (χ1n) is 4.64. The number of hydrogen-bond donors (Lipinski definition) is 1. The van der Waals surface area contributed by atoms with Gasteiger partial charge in [-0.25, -0.2) is 0 Å². The first-order chi connectivity index (χ1) is 6.39. The van der Waals surface area contributed by atoms with Crippen LogP contribution in [0.1, 0.15) is 19.4 Å². The number of nitrogens with two attached hydrogens (primary N) is 1. The first kappa shape index (κ1) is 11.6. The van der Waals surface area contributed by atoms with E-state index in [-0.39, 0.29) is 5.54 Å². The zero-order valence-corrected chi connectivity index (χ0v) is 10.1. The highest BCUT2D eigenvalue weighted by molar-refractivity contribution is 7.97. The predicted molar refractivity (Wildman–Crippen MR) is 63.2 cm³/mol. The van der Waals surface area contributed by atoms with Gasteiger partial charge in [-0.3, -0.25) is 4.31 Å². The van der Waals surface area contributed by atoms with E-state index in [1.54, 1.807) is 11.9 Å². The van der Waals surface area contributed by atoms with Crippen LogP contribution in [-0.2, 0) is 5.54 Å². The van der Waals surface area contributed by atoms with Crippen molar-refractivity contribution in [2.24, 2.45) is 5.73 Å². The Morgan fingerprint density at radius 3 is 2.00 bits per heavy atom. The van der Waals surface area contributed by atoms with Crippen molar-refractivity contribution in [2.75, 3.05) is 14.1 Å². The van der Waals surface area contributed by atoms with Crippen molar-refractivity contribution < 1.29 is 0 Å². The zero-order valence-electron chi connectivity index (χ0n) is 9.24. The van der Waals surface area contributed by atoms with Gasteiger partial charge in [-0.05, 0) is 57.6 Å². The summed E-state index contributed by atoms with van der Waals surface area (Å²) in [4.78, 5) is 1.24. The highest BCUT2D eigenvalue weighted by atomic mass is 32.2. The average molecular weight is 210 g/mol. The molecule has 0 atom stereocenters. The Hall–Kier alpha value is -0.510. The third kappa shape index (κ3) is 3.33. The van der Waals surface area contributed by atoms with Crippen LogP contribution in [0.3, 0.4) is 0 Å². The van der Waals surface area contributed by atoms with Crippen LogP contribution in [0.2, 0.25) is 0 Å². The topological polar surface area (TPSA) is 29.3 Å². The molecule has 1 rings (SSSR count). The number of nitrogens with zero attached hydrogens (tertiary/aromatic N) is 1. The van der Waals surface area contributed by atoms with E-state index < -0.39 is 0 Å². The van der Waals surface area contributed by atoms with Gasteiger partial charge < -0.3 is 5.73 Å². The summed E-state index contributed by atoms with van der Waals surface area (Å²) in [7, 11) is 4.07. The lowest BCUT2D eigenvalue weighted by atomic mass is 9.96. The fraction of sp³-hybridized carbons (Fsp3) is 0.455. The van der Waals surface area contributed by atoms with Gasteiger partial charge in [0.1, 0.15) is 0 Å². The zero-order chi connectivity index (χ0) is 10.8. The summed E-state index contributed by atoms with van der Waals surface area (Å²) in [6.45, 7) is 4.03. The maximum absolute atomic E-state index is 5.99. The maximum Gasteiger partial charge on any atom is 0.0352 e. The molecule has 2 nitrogen and oxygen atoms in total. The summed E-state index contributed by atoms with van der Waals surface area (Å²) >= 11 is 1.71. The molecule has 2 N–H and O–H groups in total. The molecule has 0 bridgehead atoms. The Balaban J connectivity index is 2.79. The Morgan fingerprint density at radius 2 is 1.64 bits per heavy atom. The minimum absolute atomic E-state index is 0.249. The lowest BCUT2D eigenvalue weighted by Crippen LogP contribution is -2.28. The normalized spacial score (nSPS) is 12.1. The average Bonchev–Trinajstić information content (AvgIpc) is 2.02. The van der Waals surface area contributed by atoms with Crippen molar-refractivity contribution in [2.45, 2.75) is 24.3 Å². The Morgan fingerprint density at radius 1 is 1.14 bits per heavy atom. The molecule has 0 amide bonds. The van der Waals surface area contributed by atoms with Crippen LogP contribution < -0.4 is 5.73 Å². The van der Waals surface area contributed by atoms with Gasteiger partial charge in [0.2, 0.25) is 0 Å². The molecule has 0 aliphatic carbocycles. The second-order valence-electron chi connectivity index (χ2n) is 4.15. The Labute approximate surface area is 90.6 Å². The van der Waals surface area contributed by atoms with Crippen LogP contribution in [0.5, 0.6) is 0 Å². The molecule has 0 heterocycles. The van der Waals surface area contributed by atoms with E-state index in [2.05, 4.69) is 28.6 Å². The van der Waals surface area contributed by atoms with Crippen LogP contribution in [-0.4, -0.2) is 18.4 Å². The van der Waals surface area contributed by atoms with Crippen molar-refractivity contribution in [3.63, 3.8) is 0 Å². The number of hydrogen-bond acceptors (Lipinski definition) is 3. The van der Waals surface area contributed by atoms with Gasteiger partial charge in [0.25, 0.3) is 0 Å². The van der Waals surface area contributed by atoms with E-state index in [4.69, 9.17) is 5.73 Å². The van der Waals surface area contributed by atoms with Crippen molar-refractivity contribution in [3.05, 3.63) is 29.8 Å². The van der Waals surface area contributed by atoms with Crippen molar-refractivity contribution in [1.29, 1.82) is 0 Å². The molecular formula is C11H18N2S. The molecule has 78 valence electrons. The first-order valence-corrected chi connectivity index (χ1v) is 5.41. The van der Waals surface area contributed by atoms with Gasteiger partial charge in [0.15, 0.2) is 0 Å². The molecule has 1 aromatic carbocycles. The van der Waals surface area contributed by atoms with E-state index in [1.807, 2.05) is 27.9 Å². The molecule has 0 aliphatic rings. The molecule has 0 saturated carbocycles. The van der Waals surface area contributed by atoms with Crippen LogP contribution in [0.4, 0.5) is 0 Å². The van der Waals surface area contributed by atoms with Crippen LogP contribution in [0.25, 0.3) is 0 Å². The van der Waals surface area contributed by atoms with E-state index in [9.17, 15) is 0 Å². The van der Waals surface area contributed by atoms with Gasteiger partial charge in [0, 0.05) is 10.4 Å². The molecule has 0 aliphatic heterocycles. The number of rotatable bonds is 3. The molecule has 0 spiro atoms. The molecule has 14 heavy (non-hydrogen) atoms. The van der Waals surface area contributed by atoms with Gasteiger partial charge in [0.05, 0.1) is 0 Å². The Bertz CT molecular complexity index is 285. The van der Waals surface area contributed by atoms with E-state index in [0.717, 1.165) is 0 Å². The predicted octanol–water partition coefficient (Wildman–Crippen LogP) is 2.45. The summed E-state index contributed by atoms with van der Waals surface area (Å²) < 4.78 is 2.07. The lowest BCUT2D eigenvalue weighted by molar-refractivity contribution is 0.554. The molecular weight excluding hydrogens is 192 g/mol. The smallest absolute Gasteiger partial charge is 0.0352 e. The molecule has 3 heteroatoms. The van der Waals surface area contributed by atoms with Gasteiger partial charge >= 0.3 is 0 Å². The van der Waals surface area contributed by atoms with E-state index in [0.29, 0.717) is 0 Å². The summed E-state index contributed by atoms with van der Waals surface area (Å²) in [6.07, 6.45) is 0. The fourth-order valence-electron chi connectivity index (χ4n) is 1.16. The molecule has 1 aromatic rings. The van der Waals surface area contributed by atoms with E-state index >= 15 is 0 Å². The van der Waals surface area contributed by atoms with Crippen molar-refractivity contribution in [3.8, 4) is 0 Å². The third-order valence-electron chi connectivity index (χ3n) is 1.89. The Kier molecular flexibility index (Phi) is 3.59. The van der Waals surface area contributed by atoms with Crippen molar-refractivity contribution >= 4 is 11.9 Å². The third-order valence-corrected chi connectivity index (χ3v) is 2.73. The highest BCUT2D eigenvalue weighted by Crippen LogP contribution is 2.23. The quantitative estimate of drug-likeness (QED) is 0.777. The van der Waals surface area contributed by atoms with Crippen LogP contribution in [0, 0.1) is 0 Å². The largest absolute Gasteiger partial charge is 0.322 e. The lowest BCUT2D eigenvalue weighted by Gasteiger charge is -2.19. The molecule has 0 saturated heterocycles. The van der Waals surface area contributed by atoms with Gasteiger partial charge in [-0.15, -0.1) is 0 Å². The minimum Gasteiger partial charge on any atom is -0.322 e. The monoisotopic (exact) mass is 210 g/mol. The minimum atomic E-state index is -0.249. The fourth-order valence-corrected chi connectivity index (χ4v) is 1.84. The van der Waals surface area contributed by atoms with Crippen LogP contribution in [0.15, 0.2) is 29.2 Å². The molecule has 0 fully saturated rings. The second kappa shape index (κ2) is 4.34. The SMILES string of the molecule is CN(C)Sc1ccc(C(C)(C)N)cc1.